The van der Waals surface area contributed by atoms with Crippen LogP contribution in [-0.4, -0.2) is 11.9 Å². The van der Waals surface area contributed by atoms with Crippen LogP contribution in [0.15, 0.2) is 0 Å². The van der Waals surface area contributed by atoms with Crippen LogP contribution in [0.1, 0.15) is 39.0 Å². The highest BCUT2D eigenvalue weighted by atomic mass is 35.5. The molecule has 0 aromatic rings. The number of nitrogens with two attached hydrogens (primary N) is 1. The smallest absolute Gasteiger partial charge is 0.0238 e. The molecule has 0 bridgehead atoms. The third-order valence-corrected chi connectivity index (χ3v) is 1.88. The zero-order valence-electron chi connectivity index (χ0n) is 6.78. The van der Waals surface area contributed by atoms with Crippen molar-refractivity contribution in [1.82, 2.24) is 0 Å². The Morgan fingerprint density at radius 3 is 2.50 bits per heavy atom. The lowest BCUT2D eigenvalue weighted by atomic mass is 10.1. The van der Waals surface area contributed by atoms with E-state index in [0.717, 1.165) is 12.8 Å². The van der Waals surface area contributed by atoms with Crippen LogP contribution in [0.3, 0.4) is 0 Å². The van der Waals surface area contributed by atoms with Gasteiger partial charge in [-0.2, -0.15) is 0 Å². The van der Waals surface area contributed by atoms with E-state index >= 15 is 0 Å². The van der Waals surface area contributed by atoms with Gasteiger partial charge in [-0.1, -0.05) is 26.2 Å². The van der Waals surface area contributed by atoms with Crippen LogP contribution in [0.4, 0.5) is 0 Å². The second-order valence-electron chi connectivity index (χ2n) is 2.73. The Bertz CT molecular complexity index is 66.3. The van der Waals surface area contributed by atoms with Crippen LogP contribution in [-0.2, 0) is 0 Å². The van der Waals surface area contributed by atoms with Gasteiger partial charge in [0.1, 0.15) is 0 Å². The van der Waals surface area contributed by atoms with Crippen LogP contribution in [0, 0.1) is 0 Å². The molecule has 0 radical (unpaired) electrons. The Morgan fingerprint density at radius 2 is 2.00 bits per heavy atom. The van der Waals surface area contributed by atoms with E-state index in [9.17, 15) is 0 Å². The highest BCUT2D eigenvalue weighted by Crippen LogP contribution is 2.04. The number of halogens is 1. The summed E-state index contributed by atoms with van der Waals surface area (Å²) in [5.41, 5.74) is 5.74. The zero-order chi connectivity index (χ0) is 7.82. The predicted octanol–water partition coefficient (Wildman–Crippen LogP) is 2.52. The van der Waals surface area contributed by atoms with E-state index in [1.807, 2.05) is 0 Å². The molecule has 0 rings (SSSR count). The second-order valence-corrected chi connectivity index (χ2v) is 3.11. The van der Waals surface area contributed by atoms with E-state index in [4.69, 9.17) is 17.3 Å². The molecule has 1 nitrogen and oxygen atoms in total. The van der Waals surface area contributed by atoms with Crippen molar-refractivity contribution in [2.45, 2.75) is 45.1 Å². The maximum Gasteiger partial charge on any atom is 0.0238 e. The molecule has 0 fully saturated rings. The molecule has 2 N–H and O–H groups in total. The lowest BCUT2D eigenvalue weighted by molar-refractivity contribution is 0.549. The first-order chi connectivity index (χ1) is 4.81. The maximum absolute atomic E-state index is 5.74. The Kier molecular flexibility index (Phi) is 7.54. The Labute approximate surface area is 68.9 Å². The van der Waals surface area contributed by atoms with Crippen molar-refractivity contribution in [3.63, 3.8) is 0 Å². The molecule has 2 heteroatoms. The summed E-state index contributed by atoms with van der Waals surface area (Å²) in [6.45, 7) is 2.20. The Hall–Kier alpha value is 0.250. The fourth-order valence-corrected chi connectivity index (χ4v) is 1.22. The van der Waals surface area contributed by atoms with Gasteiger partial charge in [-0.25, -0.2) is 0 Å². The number of rotatable bonds is 6. The van der Waals surface area contributed by atoms with Crippen molar-refractivity contribution >= 4 is 11.6 Å². The average Bonchev–Trinajstić information content (AvgIpc) is 1.89. The third kappa shape index (κ3) is 6.37. The summed E-state index contributed by atoms with van der Waals surface area (Å²) in [6, 6.07) is 0.337. The third-order valence-electron chi connectivity index (χ3n) is 1.66. The van der Waals surface area contributed by atoms with Gasteiger partial charge in [-0.05, 0) is 12.8 Å². The summed E-state index contributed by atoms with van der Waals surface area (Å²) >= 11 is 5.53. The van der Waals surface area contributed by atoms with Crippen molar-refractivity contribution in [3.05, 3.63) is 0 Å². The Balaban J connectivity index is 2.97. The minimum Gasteiger partial charge on any atom is -0.328 e. The molecule has 0 aromatic heterocycles. The molecule has 0 spiro atoms. The van der Waals surface area contributed by atoms with Gasteiger partial charge in [0, 0.05) is 11.9 Å². The van der Waals surface area contributed by atoms with E-state index < -0.39 is 0 Å². The summed E-state index contributed by atoms with van der Waals surface area (Å²) in [5, 5.41) is 0. The number of hydrogen-bond acceptors (Lipinski definition) is 1. The van der Waals surface area contributed by atoms with E-state index in [2.05, 4.69) is 6.92 Å². The molecular weight excluding hydrogens is 146 g/mol. The lowest BCUT2D eigenvalue weighted by Gasteiger charge is -2.07. The molecule has 1 atom stereocenters. The summed E-state index contributed by atoms with van der Waals surface area (Å²) in [6.07, 6.45) is 5.93. The van der Waals surface area contributed by atoms with Crippen molar-refractivity contribution in [3.8, 4) is 0 Å². The van der Waals surface area contributed by atoms with Gasteiger partial charge in [-0.15, -0.1) is 11.6 Å². The maximum atomic E-state index is 5.74. The lowest BCUT2D eigenvalue weighted by Crippen LogP contribution is -2.19. The van der Waals surface area contributed by atoms with Gasteiger partial charge < -0.3 is 5.73 Å². The number of alkyl halides is 1. The minimum absolute atomic E-state index is 0.337. The zero-order valence-corrected chi connectivity index (χ0v) is 7.53. The molecule has 0 saturated carbocycles. The number of hydrogen-bond donors (Lipinski definition) is 1. The minimum atomic E-state index is 0.337. The van der Waals surface area contributed by atoms with Crippen LogP contribution < -0.4 is 5.73 Å². The van der Waals surface area contributed by atoms with Crippen LogP contribution >= 0.6 is 11.6 Å². The first-order valence-electron chi connectivity index (χ1n) is 4.12. The van der Waals surface area contributed by atoms with Gasteiger partial charge in [0.15, 0.2) is 0 Å². The summed E-state index contributed by atoms with van der Waals surface area (Å²) in [7, 11) is 0. The van der Waals surface area contributed by atoms with Crippen LogP contribution in [0.2, 0.25) is 0 Å². The highest BCUT2D eigenvalue weighted by molar-refractivity contribution is 6.17. The molecule has 0 amide bonds. The first kappa shape index (κ1) is 10.2. The molecule has 0 heterocycles. The van der Waals surface area contributed by atoms with E-state index in [1.165, 1.54) is 19.3 Å². The summed E-state index contributed by atoms with van der Waals surface area (Å²) in [4.78, 5) is 0. The van der Waals surface area contributed by atoms with Crippen molar-refractivity contribution in [2.24, 2.45) is 5.73 Å². The fourth-order valence-electron chi connectivity index (χ4n) is 0.941. The quantitative estimate of drug-likeness (QED) is 0.473. The van der Waals surface area contributed by atoms with Crippen molar-refractivity contribution in [2.75, 3.05) is 5.88 Å². The van der Waals surface area contributed by atoms with Crippen molar-refractivity contribution < 1.29 is 0 Å². The normalized spacial score (nSPS) is 13.5. The molecule has 0 unspecified atom stereocenters. The van der Waals surface area contributed by atoms with E-state index in [1.54, 1.807) is 0 Å². The molecular formula is C8H18ClN. The van der Waals surface area contributed by atoms with Gasteiger partial charge in [0.05, 0.1) is 0 Å². The van der Waals surface area contributed by atoms with Crippen LogP contribution in [0.5, 0.6) is 0 Å². The first-order valence-corrected chi connectivity index (χ1v) is 4.66. The Morgan fingerprint density at radius 1 is 1.30 bits per heavy atom. The molecule has 0 aliphatic rings. The van der Waals surface area contributed by atoms with Gasteiger partial charge >= 0.3 is 0 Å². The highest BCUT2D eigenvalue weighted by Gasteiger charge is 1.99. The van der Waals surface area contributed by atoms with Crippen molar-refractivity contribution in [1.29, 1.82) is 0 Å². The summed E-state index contributed by atoms with van der Waals surface area (Å²) in [5.74, 6) is 0.702. The van der Waals surface area contributed by atoms with Gasteiger partial charge in [0.2, 0.25) is 0 Å². The monoisotopic (exact) mass is 163 g/mol. The SMILES string of the molecule is CCCCC[C@@H](N)CCCl. The fraction of sp³-hybridized carbons (Fsp3) is 1.00. The number of unbranched alkanes of at least 4 members (excludes halogenated alkanes) is 2. The largest absolute Gasteiger partial charge is 0.328 e. The average molecular weight is 164 g/mol. The van der Waals surface area contributed by atoms with Gasteiger partial charge in [-0.3, -0.25) is 0 Å². The molecule has 0 aliphatic heterocycles. The van der Waals surface area contributed by atoms with Gasteiger partial charge in [0.25, 0.3) is 0 Å². The molecule has 0 saturated heterocycles. The molecule has 62 valence electrons. The van der Waals surface area contributed by atoms with E-state index in [-0.39, 0.29) is 0 Å². The predicted molar refractivity (Wildman–Crippen MR) is 47.5 cm³/mol. The summed E-state index contributed by atoms with van der Waals surface area (Å²) < 4.78 is 0. The second kappa shape index (κ2) is 7.36. The topological polar surface area (TPSA) is 26.0 Å². The van der Waals surface area contributed by atoms with Crippen LogP contribution in [0.25, 0.3) is 0 Å². The molecule has 10 heavy (non-hydrogen) atoms. The van der Waals surface area contributed by atoms with E-state index in [0.29, 0.717) is 11.9 Å². The standard InChI is InChI=1S/C8H18ClN/c1-2-3-4-5-8(10)6-7-9/h8H,2-7,10H2,1H3/t8-/m1/s1. The molecule has 0 aromatic carbocycles. The molecule has 0 aliphatic carbocycles.